The standard InChI is InChI=1S/C27H19Cl2N3O4S.ClH/c1-15-24(18-7-12-22-21(13-18)31(2)23(33)14-36-22)32(26(35)17-5-10-20(29)11-6-17)27(37-15)30-25(34)16-3-8-19(28)9-4-16;/h3-13H,14H2,1-2H3;1H. The van der Waals surface area contributed by atoms with Crippen molar-refractivity contribution in [1.29, 1.82) is 0 Å². The van der Waals surface area contributed by atoms with E-state index in [0.717, 1.165) is 4.88 Å². The lowest BCUT2D eigenvalue weighted by molar-refractivity contribution is -0.539. The van der Waals surface area contributed by atoms with Gasteiger partial charge in [0.25, 0.3) is 5.91 Å². The minimum atomic E-state index is -0.383. The Morgan fingerprint density at radius 2 is 1.58 bits per heavy atom. The van der Waals surface area contributed by atoms with Crippen LogP contribution in [0.1, 0.15) is 25.6 Å². The number of thiazole rings is 1. The van der Waals surface area contributed by atoms with Gasteiger partial charge in [-0.05, 0) is 73.7 Å². The maximum Gasteiger partial charge on any atom is 0.350 e. The van der Waals surface area contributed by atoms with E-state index >= 15 is 0 Å². The van der Waals surface area contributed by atoms with Gasteiger partial charge in [0.15, 0.2) is 12.3 Å². The molecule has 0 saturated heterocycles. The summed E-state index contributed by atoms with van der Waals surface area (Å²) in [4.78, 5) is 41.4. The van der Waals surface area contributed by atoms with Crippen molar-refractivity contribution < 1.29 is 36.1 Å². The summed E-state index contributed by atoms with van der Waals surface area (Å²) in [5.74, 6) is -0.328. The fourth-order valence-corrected chi connectivity index (χ4v) is 5.27. The normalized spacial score (nSPS) is 12.3. The Bertz CT molecular complexity index is 1550. The van der Waals surface area contributed by atoms with Crippen LogP contribution in [0.5, 0.6) is 5.75 Å². The number of rotatable bonds is 4. The molecule has 1 aliphatic rings. The second-order valence-electron chi connectivity index (χ2n) is 8.34. The van der Waals surface area contributed by atoms with Crippen LogP contribution in [0.2, 0.25) is 10.0 Å². The maximum atomic E-state index is 13.8. The van der Waals surface area contributed by atoms with Gasteiger partial charge in [0.2, 0.25) is 0 Å². The number of likely N-dealkylation sites (N-methyl/N-ethyl adjacent to an activating group) is 1. The summed E-state index contributed by atoms with van der Waals surface area (Å²) >= 11 is 13.3. The summed E-state index contributed by atoms with van der Waals surface area (Å²) < 4.78 is 7.04. The van der Waals surface area contributed by atoms with Crippen LogP contribution >= 0.6 is 34.5 Å². The second kappa shape index (κ2) is 11.1. The molecule has 1 aromatic heterocycles. The number of carbonyl (C=O) groups excluding carboxylic acids is 3. The monoisotopic (exact) mass is 587 g/mol. The highest BCUT2D eigenvalue weighted by Crippen LogP contribution is 2.37. The average Bonchev–Trinajstić information content (AvgIpc) is 3.21. The van der Waals surface area contributed by atoms with E-state index in [4.69, 9.17) is 27.9 Å². The van der Waals surface area contributed by atoms with Gasteiger partial charge in [-0.1, -0.05) is 34.5 Å². The predicted molar refractivity (Wildman–Crippen MR) is 144 cm³/mol. The molecule has 4 aromatic rings. The molecule has 11 heteroatoms. The minimum Gasteiger partial charge on any atom is -1.00 e. The van der Waals surface area contributed by atoms with E-state index in [9.17, 15) is 14.4 Å². The molecular formula is C27H20Cl3N3O4S. The Hall–Kier alpha value is -3.43. The fourth-order valence-electron chi connectivity index (χ4n) is 4.02. The van der Waals surface area contributed by atoms with Gasteiger partial charge in [-0.25, -0.2) is 9.59 Å². The lowest BCUT2D eigenvalue weighted by Crippen LogP contribution is -3.00. The van der Waals surface area contributed by atoms with Crippen LogP contribution in [-0.2, 0) is 4.79 Å². The van der Waals surface area contributed by atoms with Crippen molar-refractivity contribution in [3.05, 3.63) is 92.8 Å². The molecule has 7 nitrogen and oxygen atoms in total. The molecule has 3 aromatic carbocycles. The molecule has 1 N–H and O–H groups in total. The first kappa shape index (κ1) is 27.6. The molecule has 1 aliphatic heterocycles. The SMILES string of the molecule is Cc1sc(NC(=O)c2ccc(Cl)cc2)[n+](C(=O)c2ccc(Cl)cc2)c1-c1ccc2c(c1)N(C)C(=O)CO2.[Cl-]. The van der Waals surface area contributed by atoms with Gasteiger partial charge >= 0.3 is 16.9 Å². The van der Waals surface area contributed by atoms with Gasteiger partial charge in [0, 0.05) is 22.7 Å². The van der Waals surface area contributed by atoms with E-state index in [1.165, 1.54) is 20.8 Å². The molecule has 2 heterocycles. The Kier molecular flexibility index (Phi) is 8.08. The molecule has 0 fully saturated rings. The third-order valence-corrected chi connectivity index (χ3v) is 7.43. The number of hydrogen-bond donors (Lipinski definition) is 1. The zero-order valence-corrected chi connectivity index (χ0v) is 23.2. The smallest absolute Gasteiger partial charge is 0.350 e. The Labute approximate surface area is 239 Å². The highest BCUT2D eigenvalue weighted by Gasteiger charge is 2.32. The molecule has 38 heavy (non-hydrogen) atoms. The van der Waals surface area contributed by atoms with Gasteiger partial charge in [0.1, 0.15) is 5.75 Å². The van der Waals surface area contributed by atoms with E-state index in [2.05, 4.69) is 5.32 Å². The van der Waals surface area contributed by atoms with E-state index < -0.39 is 0 Å². The van der Waals surface area contributed by atoms with E-state index in [1.807, 2.05) is 13.0 Å². The van der Waals surface area contributed by atoms with Crippen LogP contribution in [-0.4, -0.2) is 31.4 Å². The van der Waals surface area contributed by atoms with Crippen molar-refractivity contribution in [2.45, 2.75) is 6.92 Å². The minimum absolute atomic E-state index is 0. The summed E-state index contributed by atoms with van der Waals surface area (Å²) in [6.45, 7) is 1.84. The molecular weight excluding hydrogens is 569 g/mol. The fraction of sp³-hybridized carbons (Fsp3) is 0.111. The summed E-state index contributed by atoms with van der Waals surface area (Å²) in [6, 6.07) is 18.4. The topological polar surface area (TPSA) is 79.6 Å². The first-order valence-corrected chi connectivity index (χ1v) is 12.8. The number of fused-ring (bicyclic) bond motifs is 1. The molecule has 0 saturated carbocycles. The van der Waals surface area contributed by atoms with Crippen molar-refractivity contribution in [3.63, 3.8) is 0 Å². The van der Waals surface area contributed by atoms with Crippen molar-refractivity contribution >= 4 is 63.1 Å². The van der Waals surface area contributed by atoms with E-state index in [-0.39, 0.29) is 36.7 Å². The molecule has 0 bridgehead atoms. The van der Waals surface area contributed by atoms with Gasteiger partial charge in [0.05, 0.1) is 21.7 Å². The average molecular weight is 589 g/mol. The predicted octanol–water partition coefficient (Wildman–Crippen LogP) is 2.62. The zero-order valence-electron chi connectivity index (χ0n) is 20.1. The van der Waals surface area contributed by atoms with Crippen LogP contribution in [0.3, 0.4) is 0 Å². The number of benzene rings is 3. The van der Waals surface area contributed by atoms with Crippen LogP contribution in [0, 0.1) is 6.92 Å². The number of halogens is 3. The van der Waals surface area contributed by atoms with Crippen LogP contribution in [0.15, 0.2) is 66.7 Å². The summed E-state index contributed by atoms with van der Waals surface area (Å²) in [5.41, 5.74) is 2.66. The highest BCUT2D eigenvalue weighted by molar-refractivity contribution is 7.15. The Balaban J connectivity index is 0.00000336. The molecule has 194 valence electrons. The number of ether oxygens (including phenoxy) is 1. The van der Waals surface area contributed by atoms with Crippen LogP contribution in [0.4, 0.5) is 10.8 Å². The Morgan fingerprint density at radius 1 is 0.974 bits per heavy atom. The number of aromatic nitrogens is 1. The molecule has 5 rings (SSSR count). The third-order valence-electron chi connectivity index (χ3n) is 5.95. The van der Waals surface area contributed by atoms with E-state index in [1.54, 1.807) is 67.7 Å². The molecule has 0 spiro atoms. The number of anilines is 2. The number of aryl methyl sites for hydroxylation is 1. The number of carbonyl (C=O) groups is 3. The van der Waals surface area contributed by atoms with Gasteiger partial charge < -0.3 is 22.0 Å². The van der Waals surface area contributed by atoms with Crippen molar-refractivity contribution in [2.75, 3.05) is 23.9 Å². The molecule has 0 radical (unpaired) electrons. The Morgan fingerprint density at radius 3 is 2.21 bits per heavy atom. The second-order valence-corrected chi connectivity index (χ2v) is 10.4. The van der Waals surface area contributed by atoms with Crippen LogP contribution < -0.4 is 31.9 Å². The zero-order chi connectivity index (χ0) is 26.3. The largest absolute Gasteiger partial charge is 1.00 e. The van der Waals surface area contributed by atoms with Crippen molar-refractivity contribution in [3.8, 4) is 17.0 Å². The lowest BCUT2D eigenvalue weighted by Gasteiger charge is -2.26. The number of nitrogens with one attached hydrogen (secondary N) is 1. The van der Waals surface area contributed by atoms with Crippen molar-refractivity contribution in [1.82, 2.24) is 0 Å². The number of nitrogens with zero attached hydrogens (tertiary/aromatic N) is 2. The lowest BCUT2D eigenvalue weighted by atomic mass is 10.1. The molecule has 0 atom stereocenters. The highest BCUT2D eigenvalue weighted by atomic mass is 35.5. The van der Waals surface area contributed by atoms with E-state index in [0.29, 0.717) is 49.0 Å². The number of hydrogen-bond acceptors (Lipinski definition) is 5. The first-order valence-electron chi connectivity index (χ1n) is 11.2. The molecule has 0 aliphatic carbocycles. The summed E-state index contributed by atoms with van der Waals surface area (Å²) in [7, 11) is 1.68. The van der Waals surface area contributed by atoms with Gasteiger partial charge in [-0.15, -0.1) is 4.57 Å². The maximum absolute atomic E-state index is 13.8. The summed E-state index contributed by atoms with van der Waals surface area (Å²) in [6.07, 6.45) is 0. The summed E-state index contributed by atoms with van der Waals surface area (Å²) in [5, 5.41) is 4.23. The number of amides is 2. The first-order chi connectivity index (χ1) is 17.7. The van der Waals surface area contributed by atoms with Gasteiger partial charge in [-0.3, -0.25) is 4.79 Å². The van der Waals surface area contributed by atoms with Crippen LogP contribution in [0.25, 0.3) is 11.3 Å². The van der Waals surface area contributed by atoms with Gasteiger partial charge in [-0.2, -0.15) is 5.32 Å². The third kappa shape index (κ3) is 5.26. The van der Waals surface area contributed by atoms with Crippen molar-refractivity contribution in [2.24, 2.45) is 0 Å². The molecule has 2 amide bonds. The quantitative estimate of drug-likeness (QED) is 0.372. The molecule has 0 unspecified atom stereocenters.